The second-order valence-corrected chi connectivity index (χ2v) is 7.13. The van der Waals surface area contributed by atoms with Crippen LogP contribution in [0.25, 0.3) is 0 Å². The number of hydrogen-bond acceptors (Lipinski definition) is 3. The first-order valence-corrected chi connectivity index (χ1v) is 7.37. The van der Waals surface area contributed by atoms with Crippen LogP contribution < -0.4 is 11.1 Å². The summed E-state index contributed by atoms with van der Waals surface area (Å²) in [6.45, 7) is 8.31. The lowest BCUT2D eigenvalue weighted by Gasteiger charge is -2.22. The lowest BCUT2D eigenvalue weighted by atomic mass is 9.86. The normalized spacial score (nSPS) is 11.4. The van der Waals surface area contributed by atoms with Crippen LogP contribution in [-0.2, 0) is 5.41 Å². The van der Waals surface area contributed by atoms with E-state index < -0.39 is 0 Å². The van der Waals surface area contributed by atoms with Crippen LogP contribution in [0.2, 0.25) is 0 Å². The fraction of sp³-hybridized carbons (Fsp3) is 0.312. The Kier molecular flexibility index (Phi) is 3.86. The molecule has 0 unspecified atom stereocenters. The predicted octanol–water partition coefficient (Wildman–Crippen LogP) is 4.19. The number of nitrogens with two attached hydrogens (primary N) is 1. The Morgan fingerprint density at radius 3 is 2.45 bits per heavy atom. The maximum atomic E-state index is 12.3. The van der Waals surface area contributed by atoms with E-state index in [0.717, 1.165) is 16.1 Å². The van der Waals surface area contributed by atoms with Crippen molar-refractivity contribution in [3.8, 4) is 0 Å². The molecule has 0 aliphatic heterocycles. The second kappa shape index (κ2) is 5.29. The monoisotopic (exact) mass is 288 g/mol. The lowest BCUT2D eigenvalue weighted by molar-refractivity contribution is 0.103. The molecule has 0 aliphatic rings. The number of carbonyl (C=O) groups excluding carboxylic acids is 1. The fourth-order valence-electron chi connectivity index (χ4n) is 2.04. The van der Waals surface area contributed by atoms with Crippen LogP contribution in [0.5, 0.6) is 0 Å². The van der Waals surface area contributed by atoms with Gasteiger partial charge in [0.2, 0.25) is 0 Å². The van der Waals surface area contributed by atoms with E-state index in [1.54, 1.807) is 6.07 Å². The second-order valence-electron chi connectivity index (χ2n) is 5.87. The molecule has 0 bridgehead atoms. The topological polar surface area (TPSA) is 55.1 Å². The molecule has 0 aliphatic carbocycles. The van der Waals surface area contributed by atoms with Crippen LogP contribution in [0.4, 0.5) is 11.4 Å². The first-order valence-electron chi connectivity index (χ1n) is 6.56. The Hall–Kier alpha value is -1.81. The van der Waals surface area contributed by atoms with Gasteiger partial charge in [0.1, 0.15) is 0 Å². The Morgan fingerprint density at radius 1 is 1.25 bits per heavy atom. The van der Waals surface area contributed by atoms with E-state index in [9.17, 15) is 4.79 Å². The van der Waals surface area contributed by atoms with Crippen molar-refractivity contribution in [1.29, 1.82) is 0 Å². The molecule has 4 heteroatoms. The van der Waals surface area contributed by atoms with Crippen molar-refractivity contribution in [2.24, 2.45) is 0 Å². The number of amides is 1. The van der Waals surface area contributed by atoms with Crippen LogP contribution in [0.1, 0.15) is 40.9 Å². The van der Waals surface area contributed by atoms with Crippen molar-refractivity contribution >= 4 is 28.6 Å². The Morgan fingerprint density at radius 2 is 1.90 bits per heavy atom. The number of aryl methyl sites for hydroxylation is 1. The molecule has 1 heterocycles. The highest BCUT2D eigenvalue weighted by Crippen LogP contribution is 2.30. The maximum Gasteiger partial charge on any atom is 0.265 e. The van der Waals surface area contributed by atoms with Gasteiger partial charge in [-0.1, -0.05) is 39.0 Å². The SMILES string of the molecule is Cc1sc(C(=O)Nc2ccccc2C(C)(C)C)cc1N. The first-order chi connectivity index (χ1) is 9.29. The third kappa shape index (κ3) is 3.02. The molecule has 0 spiro atoms. The third-order valence-corrected chi connectivity index (χ3v) is 4.23. The summed E-state index contributed by atoms with van der Waals surface area (Å²) < 4.78 is 0. The summed E-state index contributed by atoms with van der Waals surface area (Å²) >= 11 is 1.42. The van der Waals surface area contributed by atoms with Crippen molar-refractivity contribution in [3.63, 3.8) is 0 Å². The van der Waals surface area contributed by atoms with Crippen molar-refractivity contribution in [3.05, 3.63) is 45.6 Å². The molecule has 3 N–H and O–H groups in total. The van der Waals surface area contributed by atoms with Gasteiger partial charge in [-0.25, -0.2) is 0 Å². The van der Waals surface area contributed by atoms with Gasteiger partial charge >= 0.3 is 0 Å². The number of thiophene rings is 1. The molecule has 1 aromatic carbocycles. The molecule has 2 aromatic rings. The zero-order valence-electron chi connectivity index (χ0n) is 12.3. The largest absolute Gasteiger partial charge is 0.398 e. The lowest BCUT2D eigenvalue weighted by Crippen LogP contribution is -2.18. The summed E-state index contributed by atoms with van der Waals surface area (Å²) in [5.74, 6) is -0.105. The van der Waals surface area contributed by atoms with E-state index in [2.05, 4.69) is 26.1 Å². The minimum Gasteiger partial charge on any atom is -0.398 e. The van der Waals surface area contributed by atoms with Gasteiger partial charge in [-0.3, -0.25) is 4.79 Å². The van der Waals surface area contributed by atoms with Crippen molar-refractivity contribution in [1.82, 2.24) is 0 Å². The molecule has 0 saturated heterocycles. The van der Waals surface area contributed by atoms with Crippen molar-refractivity contribution in [2.75, 3.05) is 11.1 Å². The van der Waals surface area contributed by atoms with E-state index in [1.165, 1.54) is 11.3 Å². The van der Waals surface area contributed by atoms with Crippen molar-refractivity contribution < 1.29 is 4.79 Å². The Bertz CT molecular complexity index is 619. The number of para-hydroxylation sites is 1. The van der Waals surface area contributed by atoms with Gasteiger partial charge in [0.05, 0.1) is 4.88 Å². The van der Waals surface area contributed by atoms with Gasteiger partial charge < -0.3 is 11.1 Å². The number of anilines is 2. The van der Waals surface area contributed by atoms with Gasteiger partial charge in [0, 0.05) is 16.3 Å². The highest BCUT2D eigenvalue weighted by atomic mass is 32.1. The number of carbonyl (C=O) groups is 1. The van der Waals surface area contributed by atoms with E-state index in [0.29, 0.717) is 10.6 Å². The molecule has 1 amide bonds. The number of nitrogen functional groups attached to an aromatic ring is 1. The minimum absolute atomic E-state index is 0.0196. The quantitative estimate of drug-likeness (QED) is 0.870. The van der Waals surface area contributed by atoms with Crippen LogP contribution in [0.3, 0.4) is 0 Å². The van der Waals surface area contributed by atoms with Gasteiger partial charge in [-0.2, -0.15) is 0 Å². The van der Waals surface area contributed by atoms with Crippen LogP contribution in [0.15, 0.2) is 30.3 Å². The smallest absolute Gasteiger partial charge is 0.265 e. The molecular formula is C16H20N2OS. The third-order valence-electron chi connectivity index (χ3n) is 3.16. The molecule has 0 saturated carbocycles. The maximum absolute atomic E-state index is 12.3. The fourth-order valence-corrected chi connectivity index (χ4v) is 2.87. The molecular weight excluding hydrogens is 268 g/mol. The van der Waals surface area contributed by atoms with E-state index in [-0.39, 0.29) is 11.3 Å². The van der Waals surface area contributed by atoms with E-state index >= 15 is 0 Å². The molecule has 3 nitrogen and oxygen atoms in total. The van der Waals surface area contributed by atoms with Gasteiger partial charge in [0.15, 0.2) is 0 Å². The summed E-state index contributed by atoms with van der Waals surface area (Å²) in [5.41, 5.74) is 8.43. The van der Waals surface area contributed by atoms with Crippen LogP contribution in [-0.4, -0.2) is 5.91 Å². The predicted molar refractivity (Wildman–Crippen MR) is 86.6 cm³/mol. The zero-order valence-corrected chi connectivity index (χ0v) is 13.1. The molecule has 0 radical (unpaired) electrons. The minimum atomic E-state index is -0.105. The average molecular weight is 288 g/mol. The zero-order chi connectivity index (χ0) is 14.9. The highest BCUT2D eigenvalue weighted by Gasteiger charge is 2.19. The highest BCUT2D eigenvalue weighted by molar-refractivity contribution is 7.14. The average Bonchev–Trinajstić information content (AvgIpc) is 2.69. The summed E-state index contributed by atoms with van der Waals surface area (Å²) in [7, 11) is 0. The van der Waals surface area contributed by atoms with Gasteiger partial charge in [-0.15, -0.1) is 11.3 Å². The standard InChI is InChI=1S/C16H20N2OS/c1-10-12(17)9-14(20-10)15(19)18-13-8-6-5-7-11(13)16(2,3)4/h5-9H,17H2,1-4H3,(H,18,19). The molecule has 106 valence electrons. The molecule has 20 heavy (non-hydrogen) atoms. The summed E-state index contributed by atoms with van der Waals surface area (Å²) in [6, 6.07) is 9.63. The molecule has 1 aromatic heterocycles. The van der Waals surface area contributed by atoms with Crippen LogP contribution in [0, 0.1) is 6.92 Å². The molecule has 0 atom stereocenters. The Labute approximate surface area is 123 Å². The number of benzene rings is 1. The summed E-state index contributed by atoms with van der Waals surface area (Å²) in [5, 5.41) is 2.99. The number of rotatable bonds is 2. The molecule has 0 fully saturated rings. The van der Waals surface area contributed by atoms with Crippen LogP contribution >= 0.6 is 11.3 Å². The van der Waals surface area contributed by atoms with E-state index in [1.807, 2.05) is 31.2 Å². The Balaban J connectivity index is 2.29. The van der Waals surface area contributed by atoms with Gasteiger partial charge in [-0.05, 0) is 30.0 Å². The number of nitrogens with one attached hydrogen (secondary N) is 1. The molecule has 2 rings (SSSR count). The summed E-state index contributed by atoms with van der Waals surface area (Å²) in [6.07, 6.45) is 0. The number of hydrogen-bond donors (Lipinski definition) is 2. The first kappa shape index (κ1) is 14.6. The van der Waals surface area contributed by atoms with Crippen molar-refractivity contribution in [2.45, 2.75) is 33.1 Å². The van der Waals surface area contributed by atoms with Gasteiger partial charge in [0.25, 0.3) is 5.91 Å². The summed E-state index contributed by atoms with van der Waals surface area (Å²) in [4.78, 5) is 13.9. The van der Waals surface area contributed by atoms with E-state index in [4.69, 9.17) is 5.73 Å².